The summed E-state index contributed by atoms with van der Waals surface area (Å²) in [4.78, 5) is 13.1. The molecule has 1 aromatic rings. The molecule has 1 aromatic heterocycles. The number of nitro groups is 1. The Morgan fingerprint density at radius 3 is 2.67 bits per heavy atom. The molecule has 7 heteroatoms. The SMILES string of the molecule is Cc1cc(CN)nc(C(F)F)c1[N+](=O)[O-]. The monoisotopic (exact) mass is 217 g/mol. The Bertz CT molecular complexity index is 396. The second-order valence-electron chi connectivity index (χ2n) is 2.93. The van der Waals surface area contributed by atoms with Crippen LogP contribution in [0.1, 0.15) is 23.4 Å². The summed E-state index contributed by atoms with van der Waals surface area (Å²) in [6, 6.07) is 1.34. The number of rotatable bonds is 3. The van der Waals surface area contributed by atoms with Gasteiger partial charge < -0.3 is 5.73 Å². The Balaban J connectivity index is 3.42. The molecular formula is C8H9F2N3O2. The van der Waals surface area contributed by atoms with E-state index in [0.717, 1.165) is 0 Å². The maximum Gasteiger partial charge on any atom is 0.299 e. The van der Waals surface area contributed by atoms with Gasteiger partial charge in [0.05, 0.1) is 10.6 Å². The van der Waals surface area contributed by atoms with E-state index in [1.54, 1.807) is 0 Å². The fourth-order valence-electron chi connectivity index (χ4n) is 1.25. The van der Waals surface area contributed by atoms with E-state index in [9.17, 15) is 18.9 Å². The van der Waals surface area contributed by atoms with Gasteiger partial charge in [0.1, 0.15) is 0 Å². The molecule has 0 unspecified atom stereocenters. The van der Waals surface area contributed by atoms with Crippen LogP contribution in [0.2, 0.25) is 0 Å². The summed E-state index contributed by atoms with van der Waals surface area (Å²) in [6.45, 7) is 1.35. The molecule has 0 aliphatic rings. The lowest BCUT2D eigenvalue weighted by Gasteiger charge is -2.06. The molecule has 1 rings (SSSR count). The summed E-state index contributed by atoms with van der Waals surface area (Å²) in [5.41, 5.74) is 4.14. The molecule has 0 aliphatic heterocycles. The van der Waals surface area contributed by atoms with Crippen molar-refractivity contribution in [1.29, 1.82) is 0 Å². The predicted octanol–water partition coefficient (Wildman–Crippen LogP) is 1.69. The third-order valence-electron chi connectivity index (χ3n) is 1.86. The molecule has 82 valence electrons. The first-order valence-corrected chi connectivity index (χ1v) is 4.10. The van der Waals surface area contributed by atoms with E-state index in [0.29, 0.717) is 0 Å². The van der Waals surface area contributed by atoms with E-state index in [4.69, 9.17) is 5.73 Å². The van der Waals surface area contributed by atoms with Gasteiger partial charge in [-0.3, -0.25) is 10.1 Å². The van der Waals surface area contributed by atoms with Crippen LogP contribution < -0.4 is 5.73 Å². The van der Waals surface area contributed by atoms with E-state index in [-0.39, 0.29) is 17.8 Å². The van der Waals surface area contributed by atoms with Gasteiger partial charge in [-0.05, 0) is 13.0 Å². The normalized spacial score (nSPS) is 10.7. The van der Waals surface area contributed by atoms with Crippen molar-refractivity contribution in [2.45, 2.75) is 19.9 Å². The molecule has 1 heterocycles. The molecule has 0 amide bonds. The second-order valence-corrected chi connectivity index (χ2v) is 2.93. The fraction of sp³-hybridized carbons (Fsp3) is 0.375. The van der Waals surface area contributed by atoms with Gasteiger partial charge in [0.15, 0.2) is 5.69 Å². The maximum absolute atomic E-state index is 12.5. The molecule has 5 nitrogen and oxygen atoms in total. The van der Waals surface area contributed by atoms with Gasteiger partial charge in [-0.15, -0.1) is 0 Å². The Labute approximate surface area is 84.1 Å². The van der Waals surface area contributed by atoms with Crippen molar-refractivity contribution in [2.24, 2.45) is 5.73 Å². The quantitative estimate of drug-likeness (QED) is 0.617. The van der Waals surface area contributed by atoms with Gasteiger partial charge in [0.2, 0.25) is 0 Å². The summed E-state index contributed by atoms with van der Waals surface area (Å²) in [7, 11) is 0. The zero-order valence-corrected chi connectivity index (χ0v) is 7.91. The highest BCUT2D eigenvalue weighted by molar-refractivity contribution is 5.45. The molecule has 0 fully saturated rings. The van der Waals surface area contributed by atoms with Crippen LogP contribution >= 0.6 is 0 Å². The number of aryl methyl sites for hydroxylation is 1. The highest BCUT2D eigenvalue weighted by Crippen LogP contribution is 2.30. The zero-order valence-electron chi connectivity index (χ0n) is 7.91. The standard InChI is InChI=1S/C8H9F2N3O2/c1-4-2-5(3-11)12-6(8(9)10)7(4)13(14)15/h2,8H,3,11H2,1H3. The number of hydrogen-bond acceptors (Lipinski definition) is 4. The van der Waals surface area contributed by atoms with Gasteiger partial charge in [-0.25, -0.2) is 13.8 Å². The lowest BCUT2D eigenvalue weighted by molar-refractivity contribution is -0.387. The van der Waals surface area contributed by atoms with Crippen molar-refractivity contribution in [3.05, 3.63) is 33.1 Å². The van der Waals surface area contributed by atoms with Crippen LogP contribution in [0.5, 0.6) is 0 Å². The van der Waals surface area contributed by atoms with Crippen LogP contribution in [-0.2, 0) is 6.54 Å². The first kappa shape index (κ1) is 11.4. The molecule has 0 spiro atoms. The summed E-state index contributed by atoms with van der Waals surface area (Å²) in [6.07, 6.45) is -2.98. The highest BCUT2D eigenvalue weighted by Gasteiger charge is 2.26. The number of pyridine rings is 1. The Kier molecular flexibility index (Phi) is 3.25. The minimum atomic E-state index is -2.98. The number of alkyl halides is 2. The number of nitrogens with two attached hydrogens (primary N) is 1. The van der Waals surface area contributed by atoms with Crippen LogP contribution in [0.4, 0.5) is 14.5 Å². The van der Waals surface area contributed by atoms with Crippen molar-refractivity contribution in [2.75, 3.05) is 0 Å². The topological polar surface area (TPSA) is 82.0 Å². The van der Waals surface area contributed by atoms with E-state index < -0.39 is 22.7 Å². The second kappa shape index (κ2) is 4.26. The number of hydrogen-bond donors (Lipinski definition) is 1. The van der Waals surface area contributed by atoms with E-state index in [2.05, 4.69) is 4.98 Å². The molecule has 0 radical (unpaired) electrons. The molecule has 0 saturated heterocycles. The van der Waals surface area contributed by atoms with Gasteiger partial charge >= 0.3 is 0 Å². The molecule has 0 bridgehead atoms. The summed E-state index contributed by atoms with van der Waals surface area (Å²) >= 11 is 0. The number of nitrogens with zero attached hydrogens (tertiary/aromatic N) is 2. The third-order valence-corrected chi connectivity index (χ3v) is 1.86. The third kappa shape index (κ3) is 2.24. The van der Waals surface area contributed by atoms with Crippen LogP contribution in [0.25, 0.3) is 0 Å². The van der Waals surface area contributed by atoms with E-state index in [1.807, 2.05) is 0 Å². The van der Waals surface area contributed by atoms with Gasteiger partial charge in [0, 0.05) is 12.1 Å². The Morgan fingerprint density at radius 2 is 2.27 bits per heavy atom. The minimum absolute atomic E-state index is 0.0292. The van der Waals surface area contributed by atoms with Gasteiger partial charge in [-0.2, -0.15) is 0 Å². The molecule has 2 N–H and O–H groups in total. The largest absolute Gasteiger partial charge is 0.325 e. The highest BCUT2D eigenvalue weighted by atomic mass is 19.3. The molecule has 15 heavy (non-hydrogen) atoms. The first-order chi connectivity index (χ1) is 6.97. The zero-order chi connectivity index (χ0) is 11.6. The lowest BCUT2D eigenvalue weighted by atomic mass is 10.1. The molecular weight excluding hydrogens is 208 g/mol. The summed E-state index contributed by atoms with van der Waals surface area (Å²) < 4.78 is 25.0. The molecule has 0 saturated carbocycles. The number of aromatic nitrogens is 1. The molecule has 0 aromatic carbocycles. The van der Waals surface area contributed by atoms with Crippen LogP contribution in [0.15, 0.2) is 6.07 Å². The van der Waals surface area contributed by atoms with Gasteiger partial charge in [0.25, 0.3) is 12.1 Å². The Hall–Kier alpha value is -1.63. The summed E-state index contributed by atoms with van der Waals surface area (Å²) in [5.74, 6) is 0. The van der Waals surface area contributed by atoms with Crippen molar-refractivity contribution in [3.8, 4) is 0 Å². The average Bonchev–Trinajstić information content (AvgIpc) is 2.15. The van der Waals surface area contributed by atoms with Crippen LogP contribution in [0, 0.1) is 17.0 Å². The molecule has 0 atom stereocenters. The first-order valence-electron chi connectivity index (χ1n) is 4.10. The van der Waals surface area contributed by atoms with Crippen LogP contribution in [-0.4, -0.2) is 9.91 Å². The van der Waals surface area contributed by atoms with Crippen LogP contribution in [0.3, 0.4) is 0 Å². The predicted molar refractivity (Wildman–Crippen MR) is 48.5 cm³/mol. The number of halogens is 2. The average molecular weight is 217 g/mol. The van der Waals surface area contributed by atoms with Crippen molar-refractivity contribution < 1.29 is 13.7 Å². The van der Waals surface area contributed by atoms with Crippen molar-refractivity contribution in [1.82, 2.24) is 4.98 Å². The van der Waals surface area contributed by atoms with E-state index >= 15 is 0 Å². The van der Waals surface area contributed by atoms with Crippen molar-refractivity contribution in [3.63, 3.8) is 0 Å². The Morgan fingerprint density at radius 1 is 1.67 bits per heavy atom. The molecule has 0 aliphatic carbocycles. The fourth-order valence-corrected chi connectivity index (χ4v) is 1.25. The summed E-state index contributed by atoms with van der Waals surface area (Å²) in [5, 5.41) is 10.5. The smallest absolute Gasteiger partial charge is 0.299 e. The van der Waals surface area contributed by atoms with E-state index in [1.165, 1.54) is 13.0 Å². The maximum atomic E-state index is 12.5. The lowest BCUT2D eigenvalue weighted by Crippen LogP contribution is -2.07. The van der Waals surface area contributed by atoms with Gasteiger partial charge in [-0.1, -0.05) is 0 Å². The van der Waals surface area contributed by atoms with Crippen molar-refractivity contribution >= 4 is 5.69 Å². The minimum Gasteiger partial charge on any atom is -0.325 e.